The number of benzene rings is 1. The van der Waals surface area contributed by atoms with Gasteiger partial charge in [0.1, 0.15) is 0 Å². The molecule has 0 fully saturated rings. The van der Waals surface area contributed by atoms with Crippen LogP contribution in [0.3, 0.4) is 0 Å². The van der Waals surface area contributed by atoms with Crippen molar-refractivity contribution in [2.45, 2.75) is 53.4 Å². The Morgan fingerprint density at radius 3 is 2.55 bits per heavy atom. The molecule has 0 radical (unpaired) electrons. The SMILES string of the molecule is CC.CC1=CCC(C)(C)c2ccc(/C(C)=C\CO)cc21. The predicted molar refractivity (Wildman–Crippen MR) is 89.8 cm³/mol. The third kappa shape index (κ3) is 3.40. The van der Waals surface area contributed by atoms with Gasteiger partial charge in [-0.05, 0) is 59.6 Å². The highest BCUT2D eigenvalue weighted by molar-refractivity contribution is 5.75. The molecule has 2 rings (SSSR count). The van der Waals surface area contributed by atoms with Crippen LogP contribution in [0.5, 0.6) is 0 Å². The molecule has 0 unspecified atom stereocenters. The fourth-order valence-corrected chi connectivity index (χ4v) is 2.59. The molecule has 1 heteroatoms. The molecule has 0 amide bonds. The lowest BCUT2D eigenvalue weighted by Crippen LogP contribution is -2.21. The van der Waals surface area contributed by atoms with Crippen molar-refractivity contribution in [1.82, 2.24) is 0 Å². The van der Waals surface area contributed by atoms with Gasteiger partial charge >= 0.3 is 0 Å². The standard InChI is InChI=1S/C17H22O.C2H6/c1-12(8-10-18)14-5-6-16-15(11-14)13(2)7-9-17(16,3)4;1-2/h5-8,11,18H,9-10H2,1-4H3;1-2H3/b12-8-;. The molecule has 20 heavy (non-hydrogen) atoms. The normalized spacial score (nSPS) is 16.8. The Morgan fingerprint density at radius 1 is 1.30 bits per heavy atom. The minimum Gasteiger partial charge on any atom is -0.392 e. The highest BCUT2D eigenvalue weighted by Crippen LogP contribution is 2.39. The number of allylic oxidation sites excluding steroid dienone is 3. The summed E-state index contributed by atoms with van der Waals surface area (Å²) < 4.78 is 0. The van der Waals surface area contributed by atoms with Crippen LogP contribution >= 0.6 is 0 Å². The Bertz CT molecular complexity index is 519. The van der Waals surface area contributed by atoms with E-state index in [1.165, 1.54) is 22.3 Å². The van der Waals surface area contributed by atoms with E-state index >= 15 is 0 Å². The molecule has 1 N–H and O–H groups in total. The van der Waals surface area contributed by atoms with Crippen LogP contribution in [0.2, 0.25) is 0 Å². The Labute approximate surface area is 124 Å². The summed E-state index contributed by atoms with van der Waals surface area (Å²) >= 11 is 0. The second kappa shape index (κ2) is 6.90. The summed E-state index contributed by atoms with van der Waals surface area (Å²) in [6.45, 7) is 12.9. The monoisotopic (exact) mass is 272 g/mol. The highest BCUT2D eigenvalue weighted by atomic mass is 16.2. The van der Waals surface area contributed by atoms with Gasteiger partial charge in [-0.1, -0.05) is 52.0 Å². The van der Waals surface area contributed by atoms with E-state index in [-0.39, 0.29) is 12.0 Å². The second-order valence-electron chi connectivity index (χ2n) is 5.81. The fraction of sp³-hybridized carbons (Fsp3) is 0.474. The number of aliphatic hydroxyl groups is 1. The van der Waals surface area contributed by atoms with Gasteiger partial charge in [0.15, 0.2) is 0 Å². The van der Waals surface area contributed by atoms with Gasteiger partial charge in [-0.3, -0.25) is 0 Å². The van der Waals surface area contributed by atoms with E-state index in [4.69, 9.17) is 5.11 Å². The lowest BCUT2D eigenvalue weighted by atomic mass is 9.73. The molecule has 1 aliphatic rings. The van der Waals surface area contributed by atoms with E-state index in [0.29, 0.717) is 0 Å². The summed E-state index contributed by atoms with van der Waals surface area (Å²) in [6.07, 6.45) is 5.29. The third-order valence-corrected chi connectivity index (χ3v) is 3.94. The van der Waals surface area contributed by atoms with Gasteiger partial charge in [0.05, 0.1) is 6.61 Å². The first kappa shape index (κ1) is 16.7. The molecule has 110 valence electrons. The van der Waals surface area contributed by atoms with E-state index < -0.39 is 0 Å². The van der Waals surface area contributed by atoms with Crippen LogP contribution < -0.4 is 0 Å². The molecule has 0 atom stereocenters. The highest BCUT2D eigenvalue weighted by Gasteiger charge is 2.26. The quantitative estimate of drug-likeness (QED) is 0.785. The van der Waals surface area contributed by atoms with Gasteiger partial charge in [-0.2, -0.15) is 0 Å². The molecule has 0 aliphatic heterocycles. The molecule has 0 spiro atoms. The third-order valence-electron chi connectivity index (χ3n) is 3.94. The van der Waals surface area contributed by atoms with Crippen molar-refractivity contribution in [3.63, 3.8) is 0 Å². The van der Waals surface area contributed by atoms with Gasteiger partial charge in [0.25, 0.3) is 0 Å². The van der Waals surface area contributed by atoms with Gasteiger partial charge in [-0.25, -0.2) is 0 Å². The van der Waals surface area contributed by atoms with Crippen molar-refractivity contribution in [2.24, 2.45) is 0 Å². The molecule has 0 bridgehead atoms. The topological polar surface area (TPSA) is 20.2 Å². The van der Waals surface area contributed by atoms with Crippen LogP contribution in [-0.2, 0) is 5.41 Å². The van der Waals surface area contributed by atoms with Crippen molar-refractivity contribution in [3.05, 3.63) is 47.0 Å². The molecular weight excluding hydrogens is 244 g/mol. The van der Waals surface area contributed by atoms with Crippen molar-refractivity contribution < 1.29 is 5.11 Å². The first-order chi connectivity index (χ1) is 9.45. The largest absolute Gasteiger partial charge is 0.392 e. The van der Waals surface area contributed by atoms with Crippen molar-refractivity contribution in [3.8, 4) is 0 Å². The maximum Gasteiger partial charge on any atom is 0.0618 e. The summed E-state index contributed by atoms with van der Waals surface area (Å²) in [5, 5.41) is 8.98. The zero-order valence-electron chi connectivity index (χ0n) is 13.7. The Morgan fingerprint density at radius 2 is 1.95 bits per heavy atom. The molecule has 0 saturated carbocycles. The van der Waals surface area contributed by atoms with Crippen molar-refractivity contribution in [2.75, 3.05) is 6.61 Å². The number of hydrogen-bond acceptors (Lipinski definition) is 1. The van der Waals surface area contributed by atoms with Crippen LogP contribution in [0.25, 0.3) is 11.1 Å². The summed E-state index contributed by atoms with van der Waals surface area (Å²) in [4.78, 5) is 0. The molecule has 1 aromatic carbocycles. The molecule has 1 nitrogen and oxygen atoms in total. The fourth-order valence-electron chi connectivity index (χ4n) is 2.59. The van der Waals surface area contributed by atoms with E-state index in [1.807, 2.05) is 26.8 Å². The minimum atomic E-state index is 0.100. The Balaban J connectivity index is 0.000000956. The lowest BCUT2D eigenvalue weighted by molar-refractivity contribution is 0.343. The first-order valence-electron chi connectivity index (χ1n) is 7.55. The zero-order chi connectivity index (χ0) is 15.3. The zero-order valence-corrected chi connectivity index (χ0v) is 13.7. The Hall–Kier alpha value is -1.34. The molecule has 0 heterocycles. The molecule has 1 aromatic rings. The summed E-state index contributed by atoms with van der Waals surface area (Å²) in [6, 6.07) is 6.67. The summed E-state index contributed by atoms with van der Waals surface area (Å²) in [7, 11) is 0. The molecule has 0 saturated heterocycles. The minimum absolute atomic E-state index is 0.100. The van der Waals surface area contributed by atoms with Crippen molar-refractivity contribution >= 4 is 11.1 Å². The molecule has 0 aromatic heterocycles. The summed E-state index contributed by atoms with van der Waals surface area (Å²) in [5.74, 6) is 0. The average Bonchev–Trinajstić information content (AvgIpc) is 2.45. The van der Waals surface area contributed by atoms with Gasteiger partial charge in [0.2, 0.25) is 0 Å². The van der Waals surface area contributed by atoms with E-state index in [0.717, 1.165) is 12.0 Å². The van der Waals surface area contributed by atoms with Crippen LogP contribution in [0.15, 0.2) is 30.4 Å². The van der Waals surface area contributed by atoms with E-state index in [9.17, 15) is 0 Å². The number of fused-ring (bicyclic) bond motifs is 1. The van der Waals surface area contributed by atoms with E-state index in [2.05, 4.69) is 45.0 Å². The Kier molecular flexibility index (Phi) is 5.76. The number of rotatable bonds is 2. The van der Waals surface area contributed by atoms with Crippen LogP contribution in [0.4, 0.5) is 0 Å². The predicted octanol–water partition coefficient (Wildman–Crippen LogP) is 5.19. The summed E-state index contributed by atoms with van der Waals surface area (Å²) in [5.41, 5.74) is 6.72. The van der Waals surface area contributed by atoms with Crippen LogP contribution in [-0.4, -0.2) is 11.7 Å². The van der Waals surface area contributed by atoms with E-state index in [1.54, 1.807) is 0 Å². The van der Waals surface area contributed by atoms with Crippen LogP contribution in [0, 0.1) is 0 Å². The first-order valence-corrected chi connectivity index (χ1v) is 7.55. The average molecular weight is 272 g/mol. The van der Waals surface area contributed by atoms with Gasteiger partial charge in [-0.15, -0.1) is 0 Å². The maximum atomic E-state index is 8.98. The smallest absolute Gasteiger partial charge is 0.0618 e. The molecule has 1 aliphatic carbocycles. The second-order valence-corrected chi connectivity index (χ2v) is 5.81. The number of hydrogen-bond donors (Lipinski definition) is 1. The van der Waals surface area contributed by atoms with Crippen LogP contribution in [0.1, 0.15) is 64.7 Å². The maximum absolute atomic E-state index is 8.98. The number of aliphatic hydroxyl groups excluding tert-OH is 1. The lowest BCUT2D eigenvalue weighted by Gasteiger charge is -2.31. The van der Waals surface area contributed by atoms with Crippen molar-refractivity contribution in [1.29, 1.82) is 0 Å². The van der Waals surface area contributed by atoms with Gasteiger partial charge < -0.3 is 5.11 Å². The van der Waals surface area contributed by atoms with Gasteiger partial charge in [0, 0.05) is 0 Å². The molecular formula is C19H28O.